The maximum absolute atomic E-state index is 5.54. The molecule has 4 nitrogen and oxygen atoms in total. The van der Waals surface area contributed by atoms with Gasteiger partial charge in [0.2, 0.25) is 5.95 Å². The van der Waals surface area contributed by atoms with E-state index in [1.165, 1.54) is 0 Å². The second-order valence-corrected chi connectivity index (χ2v) is 3.36. The van der Waals surface area contributed by atoms with Gasteiger partial charge in [-0.1, -0.05) is 0 Å². The van der Waals surface area contributed by atoms with Gasteiger partial charge in [0, 0.05) is 19.0 Å². The molecule has 0 saturated heterocycles. The molecule has 0 spiro atoms. The Kier molecular flexibility index (Phi) is 4.20. The minimum atomic E-state index is 0.441. The maximum Gasteiger partial charge on any atom is 0.225 e. The molecule has 74 valence electrons. The highest BCUT2D eigenvalue weighted by atomic mass is 79.9. The largest absolute Gasteiger partial charge is 0.383 e. The van der Waals surface area contributed by atoms with Gasteiger partial charge in [-0.05, 0) is 22.9 Å². The molecule has 0 atom stereocenters. The van der Waals surface area contributed by atoms with E-state index in [-0.39, 0.29) is 0 Å². The van der Waals surface area contributed by atoms with Gasteiger partial charge in [0.05, 0.1) is 0 Å². The summed E-state index contributed by atoms with van der Waals surface area (Å²) in [5.74, 6) is 6.71. The third kappa shape index (κ3) is 3.62. The van der Waals surface area contributed by atoms with Crippen molar-refractivity contribution in [2.24, 2.45) is 0 Å². The quantitative estimate of drug-likeness (QED) is 0.489. The van der Waals surface area contributed by atoms with E-state index in [0.29, 0.717) is 16.4 Å². The topological polar surface area (TPSA) is 63.8 Å². The molecular weight excluding hydrogens is 244 g/mol. The van der Waals surface area contributed by atoms with Crippen LogP contribution in [-0.4, -0.2) is 16.5 Å². The lowest BCUT2D eigenvalue weighted by atomic mass is 10.4. The summed E-state index contributed by atoms with van der Waals surface area (Å²) in [5, 5.41) is 3.03. The van der Waals surface area contributed by atoms with Gasteiger partial charge < -0.3 is 11.1 Å². The Balaban J connectivity index is 2.53. The van der Waals surface area contributed by atoms with Crippen molar-refractivity contribution in [3.8, 4) is 11.8 Å². The number of aromatic nitrogens is 2. The van der Waals surface area contributed by atoms with E-state index in [9.17, 15) is 0 Å². The van der Waals surface area contributed by atoms with Crippen LogP contribution < -0.4 is 11.1 Å². The van der Waals surface area contributed by atoms with Gasteiger partial charge in [0.1, 0.15) is 10.4 Å². The molecule has 0 unspecified atom stereocenters. The molecule has 0 aliphatic carbocycles. The highest BCUT2D eigenvalue weighted by Crippen LogP contribution is 2.11. The van der Waals surface area contributed by atoms with Crippen molar-refractivity contribution < 1.29 is 0 Å². The predicted molar refractivity (Wildman–Crippen MR) is 60.7 cm³/mol. The van der Waals surface area contributed by atoms with Crippen molar-refractivity contribution in [3.63, 3.8) is 0 Å². The summed E-state index contributed by atoms with van der Waals surface area (Å²) in [6.45, 7) is 2.53. The first-order chi connectivity index (χ1) is 6.72. The number of nitrogens with one attached hydrogen (secondary N) is 1. The number of nitrogens with two attached hydrogens (primary N) is 1. The number of hydrogen-bond donors (Lipinski definition) is 2. The van der Waals surface area contributed by atoms with Crippen molar-refractivity contribution in [1.29, 1.82) is 0 Å². The molecule has 14 heavy (non-hydrogen) atoms. The Bertz CT molecular complexity index is 347. The number of anilines is 2. The molecule has 0 radical (unpaired) electrons. The first-order valence-corrected chi connectivity index (χ1v) is 4.95. The Morgan fingerprint density at radius 2 is 2.36 bits per heavy atom. The summed E-state index contributed by atoms with van der Waals surface area (Å²) in [6.07, 6.45) is 0.770. The normalized spacial score (nSPS) is 9.00. The minimum absolute atomic E-state index is 0.441. The lowest BCUT2D eigenvalue weighted by Crippen LogP contribution is -2.06. The van der Waals surface area contributed by atoms with Gasteiger partial charge in [-0.15, -0.1) is 11.8 Å². The molecule has 1 aromatic heterocycles. The number of halogens is 1. The molecule has 0 fully saturated rings. The van der Waals surface area contributed by atoms with Gasteiger partial charge in [-0.2, -0.15) is 4.98 Å². The maximum atomic E-state index is 5.54. The molecule has 1 heterocycles. The van der Waals surface area contributed by atoms with E-state index < -0.39 is 0 Å². The van der Waals surface area contributed by atoms with Crippen LogP contribution in [0.3, 0.4) is 0 Å². The monoisotopic (exact) mass is 254 g/mol. The Morgan fingerprint density at radius 1 is 1.57 bits per heavy atom. The van der Waals surface area contributed by atoms with Crippen LogP contribution in [0.5, 0.6) is 0 Å². The van der Waals surface area contributed by atoms with Crippen molar-refractivity contribution in [2.45, 2.75) is 13.3 Å². The summed E-state index contributed by atoms with van der Waals surface area (Å²) >= 11 is 3.24. The zero-order valence-electron chi connectivity index (χ0n) is 7.84. The molecule has 0 saturated carbocycles. The summed E-state index contributed by atoms with van der Waals surface area (Å²) in [5.41, 5.74) is 5.54. The lowest BCUT2D eigenvalue weighted by molar-refractivity contribution is 1.03. The van der Waals surface area contributed by atoms with Gasteiger partial charge in [0.15, 0.2) is 0 Å². The highest BCUT2D eigenvalue weighted by Gasteiger charge is 1.98. The van der Waals surface area contributed by atoms with Crippen LogP contribution in [0.15, 0.2) is 10.7 Å². The van der Waals surface area contributed by atoms with Crippen molar-refractivity contribution in [3.05, 3.63) is 10.7 Å². The smallest absolute Gasteiger partial charge is 0.225 e. The molecule has 1 aromatic rings. The van der Waals surface area contributed by atoms with Crippen LogP contribution in [0.4, 0.5) is 11.8 Å². The number of rotatable bonds is 3. The minimum Gasteiger partial charge on any atom is -0.383 e. The molecular formula is C9H11BrN4. The standard InChI is InChI=1S/C9H11BrN4/c1-2-3-4-5-12-9-13-7(10)6-8(11)14-9/h6H,4-5H2,1H3,(H3,11,12,13,14). The Hall–Kier alpha value is -1.28. The third-order valence-corrected chi connectivity index (χ3v) is 1.83. The van der Waals surface area contributed by atoms with E-state index >= 15 is 0 Å². The van der Waals surface area contributed by atoms with Gasteiger partial charge in [-0.25, -0.2) is 4.98 Å². The summed E-state index contributed by atoms with van der Waals surface area (Å²) in [6, 6.07) is 1.65. The lowest BCUT2D eigenvalue weighted by Gasteiger charge is -2.03. The Labute approximate surface area is 91.5 Å². The molecule has 0 bridgehead atoms. The van der Waals surface area contributed by atoms with Gasteiger partial charge in [-0.3, -0.25) is 0 Å². The second-order valence-electron chi connectivity index (χ2n) is 2.54. The first kappa shape index (κ1) is 10.8. The molecule has 0 aliphatic heterocycles. The zero-order chi connectivity index (χ0) is 10.4. The molecule has 1 rings (SSSR count). The van der Waals surface area contributed by atoms with Crippen molar-refractivity contribution >= 4 is 27.7 Å². The van der Waals surface area contributed by atoms with Crippen molar-refractivity contribution in [1.82, 2.24) is 9.97 Å². The summed E-state index contributed by atoms with van der Waals surface area (Å²) in [7, 11) is 0. The molecule has 0 aromatic carbocycles. The number of hydrogen-bond acceptors (Lipinski definition) is 4. The van der Waals surface area contributed by atoms with Crippen LogP contribution in [-0.2, 0) is 0 Å². The van der Waals surface area contributed by atoms with Gasteiger partial charge >= 0.3 is 0 Å². The van der Waals surface area contributed by atoms with E-state index in [0.717, 1.165) is 13.0 Å². The number of nitrogens with zero attached hydrogens (tertiary/aromatic N) is 2. The van der Waals surface area contributed by atoms with Crippen molar-refractivity contribution in [2.75, 3.05) is 17.6 Å². The fourth-order valence-electron chi connectivity index (χ4n) is 0.876. The third-order valence-electron chi connectivity index (χ3n) is 1.42. The van der Waals surface area contributed by atoms with Crippen LogP contribution in [0, 0.1) is 11.8 Å². The fourth-order valence-corrected chi connectivity index (χ4v) is 1.28. The SMILES string of the molecule is CC#CCCNc1nc(N)cc(Br)n1. The van der Waals surface area contributed by atoms with Crippen LogP contribution in [0.25, 0.3) is 0 Å². The van der Waals surface area contributed by atoms with Crippen LogP contribution >= 0.6 is 15.9 Å². The highest BCUT2D eigenvalue weighted by molar-refractivity contribution is 9.10. The Morgan fingerprint density at radius 3 is 3.00 bits per heavy atom. The van der Waals surface area contributed by atoms with Gasteiger partial charge in [0.25, 0.3) is 0 Å². The summed E-state index contributed by atoms with van der Waals surface area (Å²) in [4.78, 5) is 8.11. The molecule has 5 heteroatoms. The number of nitrogen functional groups attached to an aromatic ring is 1. The average Bonchev–Trinajstić information content (AvgIpc) is 2.11. The van der Waals surface area contributed by atoms with Crippen LogP contribution in [0.2, 0.25) is 0 Å². The molecule has 3 N–H and O–H groups in total. The summed E-state index contributed by atoms with van der Waals surface area (Å²) < 4.78 is 0.675. The van der Waals surface area contributed by atoms with E-state index in [4.69, 9.17) is 5.73 Å². The first-order valence-electron chi connectivity index (χ1n) is 4.16. The second kappa shape index (κ2) is 5.45. The average molecular weight is 255 g/mol. The van der Waals surface area contributed by atoms with E-state index in [1.54, 1.807) is 6.07 Å². The van der Waals surface area contributed by atoms with E-state index in [1.807, 2.05) is 6.92 Å². The van der Waals surface area contributed by atoms with Crippen LogP contribution in [0.1, 0.15) is 13.3 Å². The zero-order valence-corrected chi connectivity index (χ0v) is 9.43. The predicted octanol–water partition coefficient (Wildman–Crippen LogP) is 1.65. The molecule has 0 amide bonds. The molecule has 0 aliphatic rings. The fraction of sp³-hybridized carbons (Fsp3) is 0.333. The van der Waals surface area contributed by atoms with E-state index in [2.05, 4.69) is 43.1 Å².